The van der Waals surface area contributed by atoms with Gasteiger partial charge in [-0.2, -0.15) is 10.4 Å². The van der Waals surface area contributed by atoms with Crippen molar-refractivity contribution in [1.29, 1.82) is 5.26 Å². The summed E-state index contributed by atoms with van der Waals surface area (Å²) in [5.74, 6) is 0.800. The van der Waals surface area contributed by atoms with Crippen LogP contribution in [0.5, 0.6) is 5.75 Å². The summed E-state index contributed by atoms with van der Waals surface area (Å²) in [5, 5.41) is 15.3. The summed E-state index contributed by atoms with van der Waals surface area (Å²) in [4.78, 5) is 11.1. The molecule has 5 nitrogen and oxygen atoms in total. The SMILES string of the molecule is CCOc1ccc(-c2n[nH]c(=O)cc2C#N)cc1C. The van der Waals surface area contributed by atoms with Gasteiger partial charge in [0.25, 0.3) is 5.56 Å². The molecule has 96 valence electrons. The molecule has 0 fully saturated rings. The largest absolute Gasteiger partial charge is 0.494 e. The number of aryl methyl sites for hydroxylation is 1. The molecule has 0 bridgehead atoms. The van der Waals surface area contributed by atoms with E-state index in [0.717, 1.165) is 16.9 Å². The molecule has 0 aliphatic rings. The van der Waals surface area contributed by atoms with E-state index in [1.165, 1.54) is 6.07 Å². The van der Waals surface area contributed by atoms with Crippen molar-refractivity contribution in [3.05, 3.63) is 45.7 Å². The molecule has 0 atom stereocenters. The standard InChI is InChI=1S/C14H13N3O2/c1-3-19-12-5-4-10(6-9(12)2)14-11(8-15)7-13(18)16-17-14/h4-7H,3H2,1-2H3,(H,16,18). The topological polar surface area (TPSA) is 78.8 Å². The Kier molecular flexibility index (Phi) is 3.62. The van der Waals surface area contributed by atoms with Gasteiger partial charge in [-0.1, -0.05) is 0 Å². The van der Waals surface area contributed by atoms with E-state index in [1.807, 2.05) is 38.1 Å². The number of aromatic amines is 1. The third kappa shape index (κ3) is 2.63. The fraction of sp³-hybridized carbons (Fsp3) is 0.214. The highest BCUT2D eigenvalue weighted by Crippen LogP contribution is 2.26. The van der Waals surface area contributed by atoms with Gasteiger partial charge in [-0.25, -0.2) is 5.10 Å². The third-order valence-electron chi connectivity index (χ3n) is 2.68. The van der Waals surface area contributed by atoms with Gasteiger partial charge < -0.3 is 4.74 Å². The number of nitrogens with zero attached hydrogens (tertiary/aromatic N) is 2. The van der Waals surface area contributed by atoms with Crippen molar-refractivity contribution in [2.75, 3.05) is 6.61 Å². The maximum absolute atomic E-state index is 11.1. The van der Waals surface area contributed by atoms with Crippen molar-refractivity contribution in [1.82, 2.24) is 10.2 Å². The number of rotatable bonds is 3. The summed E-state index contributed by atoms with van der Waals surface area (Å²) in [6.45, 7) is 4.44. The monoisotopic (exact) mass is 255 g/mol. The van der Waals surface area contributed by atoms with E-state index in [-0.39, 0.29) is 11.1 Å². The molecule has 5 heteroatoms. The first-order valence-electron chi connectivity index (χ1n) is 5.89. The second kappa shape index (κ2) is 5.36. The lowest BCUT2D eigenvalue weighted by molar-refractivity contribution is 0.338. The molecule has 0 saturated carbocycles. The minimum Gasteiger partial charge on any atom is -0.494 e. The Morgan fingerprint density at radius 2 is 2.21 bits per heavy atom. The predicted molar refractivity (Wildman–Crippen MR) is 70.9 cm³/mol. The van der Waals surface area contributed by atoms with Crippen molar-refractivity contribution >= 4 is 0 Å². The van der Waals surface area contributed by atoms with Gasteiger partial charge >= 0.3 is 0 Å². The molecule has 0 amide bonds. The van der Waals surface area contributed by atoms with Crippen molar-refractivity contribution < 1.29 is 4.74 Å². The molecule has 0 aliphatic carbocycles. The molecule has 2 rings (SSSR count). The van der Waals surface area contributed by atoms with Crippen LogP contribution in [0.2, 0.25) is 0 Å². The van der Waals surface area contributed by atoms with Crippen LogP contribution in [0.1, 0.15) is 18.1 Å². The van der Waals surface area contributed by atoms with E-state index in [4.69, 9.17) is 10.00 Å². The molecular formula is C14H13N3O2. The van der Waals surface area contributed by atoms with Crippen LogP contribution < -0.4 is 10.3 Å². The molecule has 1 aromatic heterocycles. The molecular weight excluding hydrogens is 242 g/mol. The first-order chi connectivity index (χ1) is 9.15. The van der Waals surface area contributed by atoms with E-state index >= 15 is 0 Å². The van der Waals surface area contributed by atoms with Gasteiger partial charge in [0.1, 0.15) is 17.5 Å². The van der Waals surface area contributed by atoms with Gasteiger partial charge in [0.05, 0.1) is 12.2 Å². The Hall–Kier alpha value is -2.61. The quantitative estimate of drug-likeness (QED) is 0.909. The highest BCUT2D eigenvalue weighted by Gasteiger charge is 2.09. The number of nitriles is 1. The van der Waals surface area contributed by atoms with Crippen LogP contribution in [0, 0.1) is 18.3 Å². The molecule has 0 saturated heterocycles. The lowest BCUT2D eigenvalue weighted by atomic mass is 10.0. The summed E-state index contributed by atoms with van der Waals surface area (Å²) in [5.41, 5.74) is 2.06. The van der Waals surface area contributed by atoms with E-state index in [9.17, 15) is 4.79 Å². The van der Waals surface area contributed by atoms with Gasteiger partial charge in [-0.05, 0) is 37.6 Å². The van der Waals surface area contributed by atoms with E-state index in [0.29, 0.717) is 12.3 Å². The number of aromatic nitrogens is 2. The fourth-order valence-electron chi connectivity index (χ4n) is 1.82. The Labute approximate surface area is 110 Å². The number of H-pyrrole nitrogens is 1. The molecule has 2 aromatic rings. The summed E-state index contributed by atoms with van der Waals surface area (Å²) in [6, 6.07) is 8.76. The van der Waals surface area contributed by atoms with Crippen LogP contribution in [0.15, 0.2) is 29.1 Å². The summed E-state index contributed by atoms with van der Waals surface area (Å²) in [7, 11) is 0. The van der Waals surface area contributed by atoms with Crippen molar-refractivity contribution in [3.8, 4) is 23.1 Å². The fourth-order valence-corrected chi connectivity index (χ4v) is 1.82. The Morgan fingerprint density at radius 3 is 2.84 bits per heavy atom. The van der Waals surface area contributed by atoms with Crippen LogP contribution in [0.3, 0.4) is 0 Å². The lowest BCUT2D eigenvalue weighted by Gasteiger charge is -2.09. The van der Waals surface area contributed by atoms with Crippen LogP contribution in [-0.2, 0) is 0 Å². The maximum Gasteiger partial charge on any atom is 0.265 e. The number of ether oxygens (including phenoxy) is 1. The minimum absolute atomic E-state index is 0.257. The van der Waals surface area contributed by atoms with Crippen LogP contribution in [-0.4, -0.2) is 16.8 Å². The van der Waals surface area contributed by atoms with Crippen LogP contribution >= 0.6 is 0 Å². The Bertz CT molecular complexity index is 699. The van der Waals surface area contributed by atoms with Gasteiger partial charge in [0, 0.05) is 11.6 Å². The molecule has 1 aromatic carbocycles. The average Bonchev–Trinajstić information content (AvgIpc) is 2.41. The molecule has 0 radical (unpaired) electrons. The first-order valence-corrected chi connectivity index (χ1v) is 5.89. The molecule has 1 N–H and O–H groups in total. The van der Waals surface area contributed by atoms with Gasteiger partial charge in [0.2, 0.25) is 0 Å². The predicted octanol–water partition coefficient (Wildman–Crippen LogP) is 2.02. The molecule has 0 unspecified atom stereocenters. The number of hydrogen-bond acceptors (Lipinski definition) is 4. The van der Waals surface area contributed by atoms with E-state index < -0.39 is 0 Å². The van der Waals surface area contributed by atoms with Gasteiger partial charge in [0.15, 0.2) is 0 Å². The van der Waals surface area contributed by atoms with Crippen molar-refractivity contribution in [2.45, 2.75) is 13.8 Å². The maximum atomic E-state index is 11.1. The summed E-state index contributed by atoms with van der Waals surface area (Å²) >= 11 is 0. The highest BCUT2D eigenvalue weighted by molar-refractivity contribution is 5.67. The molecule has 1 heterocycles. The zero-order chi connectivity index (χ0) is 13.8. The zero-order valence-electron chi connectivity index (χ0n) is 10.7. The molecule has 19 heavy (non-hydrogen) atoms. The first kappa shape index (κ1) is 12.8. The lowest BCUT2D eigenvalue weighted by Crippen LogP contribution is -2.09. The summed E-state index contributed by atoms with van der Waals surface area (Å²) < 4.78 is 5.46. The van der Waals surface area contributed by atoms with Crippen molar-refractivity contribution in [3.63, 3.8) is 0 Å². The van der Waals surface area contributed by atoms with E-state index in [1.54, 1.807) is 0 Å². The van der Waals surface area contributed by atoms with Crippen LogP contribution in [0.25, 0.3) is 11.3 Å². The van der Waals surface area contributed by atoms with Gasteiger partial charge in [-0.15, -0.1) is 0 Å². The smallest absolute Gasteiger partial charge is 0.265 e. The minimum atomic E-state index is -0.386. The van der Waals surface area contributed by atoms with Gasteiger partial charge in [-0.3, -0.25) is 4.79 Å². The second-order valence-electron chi connectivity index (χ2n) is 4.02. The second-order valence-corrected chi connectivity index (χ2v) is 4.02. The number of nitrogens with one attached hydrogen (secondary N) is 1. The zero-order valence-corrected chi connectivity index (χ0v) is 10.7. The highest BCUT2D eigenvalue weighted by atomic mass is 16.5. The Balaban J connectivity index is 2.51. The Morgan fingerprint density at radius 1 is 1.42 bits per heavy atom. The molecule has 0 aliphatic heterocycles. The van der Waals surface area contributed by atoms with E-state index in [2.05, 4.69) is 10.2 Å². The van der Waals surface area contributed by atoms with Crippen molar-refractivity contribution in [2.24, 2.45) is 0 Å². The molecule has 0 spiro atoms. The average molecular weight is 255 g/mol. The third-order valence-corrected chi connectivity index (χ3v) is 2.68. The van der Waals surface area contributed by atoms with Crippen LogP contribution in [0.4, 0.5) is 0 Å². The summed E-state index contributed by atoms with van der Waals surface area (Å²) in [6.07, 6.45) is 0. The number of hydrogen-bond donors (Lipinski definition) is 1. The number of benzene rings is 1. The normalized spacial score (nSPS) is 9.95.